The molecule has 3 nitrogen and oxygen atoms in total. The molecule has 0 fully saturated rings. The van der Waals surface area contributed by atoms with Gasteiger partial charge in [-0.2, -0.15) is 0 Å². The Hall–Kier alpha value is -1.03. The molecule has 0 aliphatic carbocycles. The van der Waals surface area contributed by atoms with Crippen LogP contribution in [0.5, 0.6) is 0 Å². The molecule has 60 valence electrons. The van der Waals surface area contributed by atoms with Crippen molar-refractivity contribution in [2.45, 2.75) is 13.8 Å². The summed E-state index contributed by atoms with van der Waals surface area (Å²) in [7, 11) is 0. The van der Waals surface area contributed by atoms with Gasteiger partial charge >= 0.3 is 6.03 Å². The fourth-order valence-corrected chi connectivity index (χ4v) is 1.77. The standard InChI is InChI=1S/C7H10N2OS/c1-4-3-6(5(2)11-4)9-7(8)10/h3H,1-2H3,(H3,8,9,10). The van der Waals surface area contributed by atoms with E-state index in [-0.39, 0.29) is 0 Å². The number of hydrogen-bond acceptors (Lipinski definition) is 2. The first-order valence-electron chi connectivity index (χ1n) is 3.23. The lowest BCUT2D eigenvalue weighted by Gasteiger charge is -1.97. The summed E-state index contributed by atoms with van der Waals surface area (Å²) in [4.78, 5) is 12.7. The average Bonchev–Trinajstić information content (AvgIpc) is 2.09. The van der Waals surface area contributed by atoms with Crippen LogP contribution >= 0.6 is 11.3 Å². The van der Waals surface area contributed by atoms with Crippen LogP contribution in [-0.2, 0) is 0 Å². The highest BCUT2D eigenvalue weighted by Gasteiger charge is 2.02. The minimum atomic E-state index is -0.508. The monoisotopic (exact) mass is 170 g/mol. The van der Waals surface area contributed by atoms with Crippen molar-refractivity contribution in [3.05, 3.63) is 15.8 Å². The molecule has 0 aliphatic rings. The van der Waals surface area contributed by atoms with Gasteiger partial charge in [-0.3, -0.25) is 0 Å². The molecule has 0 radical (unpaired) electrons. The molecule has 2 amide bonds. The van der Waals surface area contributed by atoms with Crippen LogP contribution in [0.4, 0.5) is 10.5 Å². The number of carbonyl (C=O) groups is 1. The van der Waals surface area contributed by atoms with Gasteiger partial charge in [-0.25, -0.2) is 4.79 Å². The van der Waals surface area contributed by atoms with Crippen molar-refractivity contribution in [2.75, 3.05) is 5.32 Å². The maximum atomic E-state index is 10.4. The molecule has 0 unspecified atom stereocenters. The molecule has 1 heterocycles. The zero-order valence-corrected chi connectivity index (χ0v) is 7.29. The molecule has 0 saturated heterocycles. The second-order valence-electron chi connectivity index (χ2n) is 2.32. The van der Waals surface area contributed by atoms with Gasteiger partial charge < -0.3 is 11.1 Å². The van der Waals surface area contributed by atoms with Crippen molar-refractivity contribution < 1.29 is 4.79 Å². The Bertz CT molecular complexity index is 280. The molecule has 1 aromatic heterocycles. The Labute approximate surface area is 69.2 Å². The van der Waals surface area contributed by atoms with Gasteiger partial charge in [0.2, 0.25) is 0 Å². The molecule has 1 aromatic rings. The Morgan fingerprint density at radius 1 is 1.64 bits per heavy atom. The molecule has 0 spiro atoms. The lowest BCUT2D eigenvalue weighted by atomic mass is 10.4. The van der Waals surface area contributed by atoms with Gasteiger partial charge in [0.15, 0.2) is 0 Å². The molecule has 0 saturated carbocycles. The Morgan fingerprint density at radius 3 is 2.64 bits per heavy atom. The summed E-state index contributed by atoms with van der Waals surface area (Å²) in [5, 5.41) is 2.54. The summed E-state index contributed by atoms with van der Waals surface area (Å²) in [5.74, 6) is 0. The fourth-order valence-electron chi connectivity index (χ4n) is 0.888. The number of nitrogens with one attached hydrogen (secondary N) is 1. The number of hydrogen-bond donors (Lipinski definition) is 2. The predicted molar refractivity (Wildman–Crippen MR) is 47.0 cm³/mol. The highest BCUT2D eigenvalue weighted by Crippen LogP contribution is 2.24. The normalized spacial score (nSPS) is 9.64. The van der Waals surface area contributed by atoms with E-state index < -0.39 is 6.03 Å². The molecule has 3 N–H and O–H groups in total. The third-order valence-electron chi connectivity index (χ3n) is 1.30. The average molecular weight is 170 g/mol. The zero-order chi connectivity index (χ0) is 8.43. The number of nitrogens with two attached hydrogens (primary N) is 1. The minimum Gasteiger partial charge on any atom is -0.351 e. The SMILES string of the molecule is Cc1cc(NC(N)=O)c(C)s1. The summed E-state index contributed by atoms with van der Waals surface area (Å²) >= 11 is 1.64. The first-order valence-corrected chi connectivity index (χ1v) is 4.04. The van der Waals surface area contributed by atoms with Gasteiger partial charge in [-0.15, -0.1) is 11.3 Å². The van der Waals surface area contributed by atoms with Crippen LogP contribution in [0.15, 0.2) is 6.07 Å². The summed E-state index contributed by atoms with van der Waals surface area (Å²) in [6.07, 6.45) is 0. The highest BCUT2D eigenvalue weighted by atomic mass is 32.1. The van der Waals surface area contributed by atoms with Gasteiger partial charge in [-0.05, 0) is 19.9 Å². The predicted octanol–water partition coefficient (Wildman–Crippen LogP) is 1.86. The second-order valence-corrected chi connectivity index (χ2v) is 3.78. The highest BCUT2D eigenvalue weighted by molar-refractivity contribution is 7.12. The van der Waals surface area contributed by atoms with Crippen LogP contribution in [-0.4, -0.2) is 6.03 Å². The van der Waals surface area contributed by atoms with Crippen molar-refractivity contribution in [1.29, 1.82) is 0 Å². The molecule has 0 aliphatic heterocycles. The van der Waals surface area contributed by atoms with E-state index in [2.05, 4.69) is 5.32 Å². The number of urea groups is 1. The van der Waals surface area contributed by atoms with Crippen molar-refractivity contribution in [3.8, 4) is 0 Å². The van der Waals surface area contributed by atoms with E-state index in [1.165, 1.54) is 4.88 Å². The van der Waals surface area contributed by atoms with Crippen LogP contribution in [0.3, 0.4) is 0 Å². The van der Waals surface area contributed by atoms with Crippen molar-refractivity contribution >= 4 is 23.1 Å². The van der Waals surface area contributed by atoms with Crippen LogP contribution in [0.2, 0.25) is 0 Å². The van der Waals surface area contributed by atoms with Crippen LogP contribution in [0.25, 0.3) is 0 Å². The maximum absolute atomic E-state index is 10.4. The smallest absolute Gasteiger partial charge is 0.316 e. The molecule has 0 aromatic carbocycles. The fraction of sp³-hybridized carbons (Fsp3) is 0.286. The summed E-state index contributed by atoms with van der Waals surface area (Å²) in [5.41, 5.74) is 5.78. The number of aryl methyl sites for hydroxylation is 2. The maximum Gasteiger partial charge on any atom is 0.316 e. The van der Waals surface area contributed by atoms with Gasteiger partial charge in [0, 0.05) is 9.75 Å². The largest absolute Gasteiger partial charge is 0.351 e. The van der Waals surface area contributed by atoms with E-state index in [9.17, 15) is 4.79 Å². The number of carbonyl (C=O) groups excluding carboxylic acids is 1. The van der Waals surface area contributed by atoms with E-state index in [1.54, 1.807) is 11.3 Å². The van der Waals surface area contributed by atoms with Crippen molar-refractivity contribution in [3.63, 3.8) is 0 Å². The third kappa shape index (κ3) is 1.94. The van der Waals surface area contributed by atoms with Crippen LogP contribution in [0.1, 0.15) is 9.75 Å². The lowest BCUT2D eigenvalue weighted by Crippen LogP contribution is -2.19. The molecular weight excluding hydrogens is 160 g/mol. The second kappa shape index (κ2) is 2.92. The Kier molecular flexibility index (Phi) is 2.14. The number of thiophene rings is 1. The number of primary amides is 1. The van der Waals surface area contributed by atoms with E-state index in [1.807, 2.05) is 19.9 Å². The summed E-state index contributed by atoms with van der Waals surface area (Å²) < 4.78 is 0. The molecule has 0 atom stereocenters. The van der Waals surface area contributed by atoms with E-state index in [0.717, 1.165) is 10.6 Å². The lowest BCUT2D eigenvalue weighted by molar-refractivity contribution is 0.259. The van der Waals surface area contributed by atoms with E-state index >= 15 is 0 Å². The van der Waals surface area contributed by atoms with Crippen molar-refractivity contribution in [2.24, 2.45) is 5.73 Å². The number of anilines is 1. The van der Waals surface area contributed by atoms with Crippen LogP contribution in [0, 0.1) is 13.8 Å². The van der Waals surface area contributed by atoms with E-state index in [4.69, 9.17) is 5.73 Å². The quantitative estimate of drug-likeness (QED) is 0.664. The van der Waals surface area contributed by atoms with Gasteiger partial charge in [0.1, 0.15) is 0 Å². The molecular formula is C7H10N2OS. The number of rotatable bonds is 1. The summed E-state index contributed by atoms with van der Waals surface area (Å²) in [6.45, 7) is 3.94. The van der Waals surface area contributed by atoms with Gasteiger partial charge in [-0.1, -0.05) is 0 Å². The minimum absolute atomic E-state index is 0.508. The zero-order valence-electron chi connectivity index (χ0n) is 6.47. The van der Waals surface area contributed by atoms with Gasteiger partial charge in [0.05, 0.1) is 5.69 Å². The number of amides is 2. The van der Waals surface area contributed by atoms with Crippen LogP contribution < -0.4 is 11.1 Å². The van der Waals surface area contributed by atoms with E-state index in [0.29, 0.717) is 0 Å². The molecule has 1 rings (SSSR count). The Balaban J connectivity index is 2.85. The first kappa shape index (κ1) is 8.07. The Morgan fingerprint density at radius 2 is 2.27 bits per heavy atom. The van der Waals surface area contributed by atoms with Crippen molar-refractivity contribution in [1.82, 2.24) is 0 Å². The summed E-state index contributed by atoms with van der Waals surface area (Å²) in [6, 6.07) is 1.40. The molecule has 4 heteroatoms. The topological polar surface area (TPSA) is 55.1 Å². The van der Waals surface area contributed by atoms with Gasteiger partial charge in [0.25, 0.3) is 0 Å². The first-order chi connectivity index (χ1) is 5.09. The third-order valence-corrected chi connectivity index (χ3v) is 2.26. The molecule has 0 bridgehead atoms. The molecule has 11 heavy (non-hydrogen) atoms.